The van der Waals surface area contributed by atoms with Gasteiger partial charge in [0.05, 0.1) is 6.61 Å². The maximum atomic E-state index is 13.2. The molecule has 1 heterocycles. The second-order valence-corrected chi connectivity index (χ2v) is 6.76. The van der Waals surface area contributed by atoms with E-state index < -0.39 is 11.2 Å². The Balaban J connectivity index is 2.63. The minimum absolute atomic E-state index is 0.0320. The lowest BCUT2D eigenvalue weighted by atomic mass is 10.1. The summed E-state index contributed by atoms with van der Waals surface area (Å²) < 4.78 is 6.38. The van der Waals surface area contributed by atoms with Gasteiger partial charge in [-0.25, -0.2) is 4.79 Å². The van der Waals surface area contributed by atoms with Gasteiger partial charge in [-0.2, -0.15) is 0 Å². The molecule has 27 heavy (non-hydrogen) atoms. The van der Waals surface area contributed by atoms with Crippen LogP contribution >= 0.6 is 0 Å². The van der Waals surface area contributed by atoms with E-state index in [1.54, 1.807) is 12.1 Å². The molecule has 0 atom stereocenters. The van der Waals surface area contributed by atoms with E-state index in [0.29, 0.717) is 12.1 Å². The molecule has 1 aromatic heterocycles. The number of nitrogens with one attached hydrogen (secondary N) is 1. The van der Waals surface area contributed by atoms with Gasteiger partial charge in [0.2, 0.25) is 0 Å². The van der Waals surface area contributed by atoms with Gasteiger partial charge in [-0.05, 0) is 24.5 Å². The van der Waals surface area contributed by atoms with Crippen LogP contribution in [-0.2, 0) is 11.3 Å². The molecule has 0 fully saturated rings. The standard InChI is InChI=1S/C19H26N4O4/c1-12(2)11-23-16(20)15(17(24)21-19(23)26)22(9-10-27-4)18(25)14-8-6-5-7-13(14)3/h5-8,12H,9-11,20H2,1-4H3,(H,21,24,26). The fraction of sp³-hybridized carbons (Fsp3) is 0.421. The van der Waals surface area contributed by atoms with Crippen molar-refractivity contribution >= 4 is 17.4 Å². The van der Waals surface area contributed by atoms with Gasteiger partial charge in [-0.1, -0.05) is 32.0 Å². The van der Waals surface area contributed by atoms with Crippen LogP contribution in [0, 0.1) is 12.8 Å². The summed E-state index contributed by atoms with van der Waals surface area (Å²) in [6.07, 6.45) is 0. The van der Waals surface area contributed by atoms with Gasteiger partial charge < -0.3 is 10.5 Å². The minimum Gasteiger partial charge on any atom is -0.383 e. The Morgan fingerprint density at radius 3 is 2.56 bits per heavy atom. The van der Waals surface area contributed by atoms with Gasteiger partial charge in [0.1, 0.15) is 5.82 Å². The normalized spacial score (nSPS) is 11.0. The van der Waals surface area contributed by atoms with Gasteiger partial charge in [-0.3, -0.25) is 24.0 Å². The predicted molar refractivity (Wildman–Crippen MR) is 105 cm³/mol. The number of hydrogen-bond donors (Lipinski definition) is 2. The van der Waals surface area contributed by atoms with Crippen LogP contribution in [0.4, 0.5) is 11.5 Å². The summed E-state index contributed by atoms with van der Waals surface area (Å²) in [5.74, 6) is -0.282. The molecule has 0 unspecified atom stereocenters. The maximum Gasteiger partial charge on any atom is 0.330 e. The van der Waals surface area contributed by atoms with Crippen molar-refractivity contribution in [2.75, 3.05) is 30.9 Å². The zero-order chi connectivity index (χ0) is 20.1. The monoisotopic (exact) mass is 374 g/mol. The summed E-state index contributed by atoms with van der Waals surface area (Å²) in [4.78, 5) is 41.4. The molecule has 0 aliphatic rings. The molecule has 0 saturated carbocycles. The number of aryl methyl sites for hydroxylation is 1. The van der Waals surface area contributed by atoms with Crippen molar-refractivity contribution in [3.8, 4) is 0 Å². The SMILES string of the molecule is COCCN(C(=O)c1ccccc1C)c1c(N)n(CC(C)C)c(=O)[nH]c1=O. The van der Waals surface area contributed by atoms with E-state index in [-0.39, 0.29) is 36.5 Å². The first-order valence-corrected chi connectivity index (χ1v) is 8.77. The second-order valence-electron chi connectivity index (χ2n) is 6.76. The van der Waals surface area contributed by atoms with Crippen LogP contribution < -0.4 is 21.9 Å². The smallest absolute Gasteiger partial charge is 0.330 e. The summed E-state index contributed by atoms with van der Waals surface area (Å²) in [6, 6.07) is 7.08. The molecule has 0 radical (unpaired) electrons. The summed E-state index contributed by atoms with van der Waals surface area (Å²) in [5, 5.41) is 0. The summed E-state index contributed by atoms with van der Waals surface area (Å²) in [6.45, 7) is 6.33. The summed E-state index contributed by atoms with van der Waals surface area (Å²) in [5.41, 5.74) is 6.06. The quantitative estimate of drug-likeness (QED) is 0.761. The lowest BCUT2D eigenvalue weighted by Crippen LogP contribution is -2.43. The topological polar surface area (TPSA) is 110 Å². The molecule has 1 amide bonds. The highest BCUT2D eigenvalue weighted by atomic mass is 16.5. The van der Waals surface area contributed by atoms with E-state index in [4.69, 9.17) is 10.5 Å². The number of ether oxygens (including phenoxy) is 1. The van der Waals surface area contributed by atoms with Crippen molar-refractivity contribution in [1.82, 2.24) is 9.55 Å². The van der Waals surface area contributed by atoms with Gasteiger partial charge in [0.15, 0.2) is 5.69 Å². The van der Waals surface area contributed by atoms with Gasteiger partial charge in [0.25, 0.3) is 11.5 Å². The largest absolute Gasteiger partial charge is 0.383 e. The number of nitrogens with zero attached hydrogens (tertiary/aromatic N) is 2. The van der Waals surface area contributed by atoms with Crippen molar-refractivity contribution in [3.63, 3.8) is 0 Å². The number of rotatable bonds is 7. The Morgan fingerprint density at radius 1 is 1.30 bits per heavy atom. The third kappa shape index (κ3) is 4.46. The van der Waals surface area contributed by atoms with Crippen molar-refractivity contribution in [3.05, 3.63) is 56.2 Å². The van der Waals surface area contributed by atoms with E-state index in [0.717, 1.165) is 5.56 Å². The molecule has 1 aromatic carbocycles. The molecule has 3 N–H and O–H groups in total. The summed E-state index contributed by atoms with van der Waals surface area (Å²) in [7, 11) is 1.50. The average molecular weight is 374 g/mol. The highest BCUT2D eigenvalue weighted by molar-refractivity contribution is 6.08. The van der Waals surface area contributed by atoms with Gasteiger partial charge in [-0.15, -0.1) is 0 Å². The molecule has 0 aliphatic heterocycles. The molecular formula is C19H26N4O4. The Kier molecular flexibility index (Phi) is 6.57. The first-order chi connectivity index (χ1) is 12.8. The number of aromatic nitrogens is 2. The van der Waals surface area contributed by atoms with Crippen LogP contribution in [0.3, 0.4) is 0 Å². The van der Waals surface area contributed by atoms with Crippen LogP contribution in [0.5, 0.6) is 0 Å². The highest BCUT2D eigenvalue weighted by Gasteiger charge is 2.26. The number of H-pyrrole nitrogens is 1. The number of aromatic amines is 1. The number of benzene rings is 1. The van der Waals surface area contributed by atoms with Gasteiger partial charge >= 0.3 is 5.69 Å². The molecule has 8 nitrogen and oxygen atoms in total. The molecule has 2 rings (SSSR count). The highest BCUT2D eigenvalue weighted by Crippen LogP contribution is 2.21. The molecule has 0 saturated heterocycles. The number of carbonyl (C=O) groups excluding carboxylic acids is 1. The third-order valence-electron chi connectivity index (χ3n) is 4.17. The fourth-order valence-electron chi connectivity index (χ4n) is 2.84. The lowest BCUT2D eigenvalue weighted by molar-refractivity contribution is 0.0975. The molecule has 2 aromatic rings. The molecule has 0 spiro atoms. The fourth-order valence-corrected chi connectivity index (χ4v) is 2.84. The first kappa shape index (κ1) is 20.4. The Bertz CT molecular complexity index is 930. The molecule has 146 valence electrons. The van der Waals surface area contributed by atoms with Crippen molar-refractivity contribution < 1.29 is 9.53 Å². The van der Waals surface area contributed by atoms with E-state index in [2.05, 4.69) is 4.98 Å². The average Bonchev–Trinajstić information content (AvgIpc) is 2.61. The number of nitrogen functional groups attached to an aromatic ring is 1. The zero-order valence-electron chi connectivity index (χ0n) is 16.1. The number of carbonyl (C=O) groups is 1. The number of anilines is 2. The Labute approximate surface area is 157 Å². The van der Waals surface area contributed by atoms with E-state index in [9.17, 15) is 14.4 Å². The van der Waals surface area contributed by atoms with E-state index in [1.165, 1.54) is 16.6 Å². The number of nitrogens with two attached hydrogens (primary N) is 1. The molecular weight excluding hydrogens is 348 g/mol. The van der Waals surface area contributed by atoms with Crippen molar-refractivity contribution in [2.24, 2.45) is 5.92 Å². The van der Waals surface area contributed by atoms with Gasteiger partial charge in [0, 0.05) is 25.8 Å². The molecule has 0 aliphatic carbocycles. The minimum atomic E-state index is -0.699. The number of methoxy groups -OCH3 is 1. The summed E-state index contributed by atoms with van der Waals surface area (Å²) >= 11 is 0. The number of amides is 1. The Morgan fingerprint density at radius 2 is 1.96 bits per heavy atom. The Hall–Kier alpha value is -2.87. The van der Waals surface area contributed by atoms with Crippen LogP contribution in [0.1, 0.15) is 29.8 Å². The maximum absolute atomic E-state index is 13.2. The van der Waals surface area contributed by atoms with Crippen molar-refractivity contribution in [1.29, 1.82) is 0 Å². The molecule has 8 heteroatoms. The predicted octanol–water partition coefficient (Wildman–Crippen LogP) is 1.38. The van der Waals surface area contributed by atoms with E-state index in [1.807, 2.05) is 32.9 Å². The van der Waals surface area contributed by atoms with Crippen LogP contribution in [0.2, 0.25) is 0 Å². The van der Waals surface area contributed by atoms with Crippen LogP contribution in [0.25, 0.3) is 0 Å². The van der Waals surface area contributed by atoms with Crippen LogP contribution in [0.15, 0.2) is 33.9 Å². The number of hydrogen-bond acceptors (Lipinski definition) is 5. The lowest BCUT2D eigenvalue weighted by Gasteiger charge is -2.25. The zero-order valence-corrected chi connectivity index (χ0v) is 16.1. The first-order valence-electron chi connectivity index (χ1n) is 8.77. The second kappa shape index (κ2) is 8.68. The van der Waals surface area contributed by atoms with Crippen molar-refractivity contribution in [2.45, 2.75) is 27.3 Å². The van der Waals surface area contributed by atoms with Crippen LogP contribution in [-0.4, -0.2) is 35.7 Å². The third-order valence-corrected chi connectivity index (χ3v) is 4.17. The molecule has 0 bridgehead atoms. The van der Waals surface area contributed by atoms with E-state index >= 15 is 0 Å².